The Bertz CT molecular complexity index is 1170. The van der Waals surface area contributed by atoms with Crippen LogP contribution in [0.1, 0.15) is 25.0 Å². The highest BCUT2D eigenvalue weighted by Crippen LogP contribution is 2.41. The summed E-state index contributed by atoms with van der Waals surface area (Å²) < 4.78 is 15.9. The molecule has 0 spiro atoms. The van der Waals surface area contributed by atoms with Crippen LogP contribution >= 0.6 is 11.8 Å². The number of carbonyl (C=O) groups excluding carboxylic acids is 2. The van der Waals surface area contributed by atoms with E-state index in [1.165, 1.54) is 0 Å². The van der Waals surface area contributed by atoms with Gasteiger partial charge in [0.2, 0.25) is 0 Å². The van der Waals surface area contributed by atoms with Crippen LogP contribution in [0.4, 0.5) is 5.69 Å². The lowest BCUT2D eigenvalue weighted by Gasteiger charge is -2.13. The minimum Gasteiger partial charge on any atom is -0.546 e. The average molecular weight is 483 g/mol. The Balaban J connectivity index is 1.98. The third kappa shape index (κ3) is 6.20. The van der Waals surface area contributed by atoms with E-state index >= 15 is 0 Å². The van der Waals surface area contributed by atoms with Gasteiger partial charge in [0.1, 0.15) is 23.0 Å². The Hall–Kier alpha value is -3.72. The molecule has 1 aliphatic heterocycles. The quantitative estimate of drug-likeness (QED) is 0.538. The van der Waals surface area contributed by atoms with Gasteiger partial charge in [-0.05, 0) is 56.7 Å². The third-order valence-electron chi connectivity index (χ3n) is 4.55. The van der Waals surface area contributed by atoms with E-state index in [1.54, 1.807) is 38.1 Å². The number of hydrogen-bond donors (Lipinski definition) is 1. The van der Waals surface area contributed by atoms with Gasteiger partial charge >= 0.3 is 5.97 Å². The maximum atomic E-state index is 12.6. The molecular formula is C25H24NO7S-. The molecule has 1 N–H and O–H groups in total. The van der Waals surface area contributed by atoms with Crippen molar-refractivity contribution in [2.45, 2.75) is 20.8 Å². The molecule has 0 saturated carbocycles. The standard InChI is InChI=1S/C25H25NO7S/c1-4-31-19-12-16(8-11-18(19)33-14-21(27)28)13-20-23(29)22(25(30)32-5-2)24(34-20)26-17-9-6-15(3)7-10-17/h6-13,29H,4-5,14H2,1-3H3,(H,27,28)/p-1/b20-13-,26-24?. The predicted molar refractivity (Wildman–Crippen MR) is 128 cm³/mol. The molecule has 3 rings (SSSR count). The Morgan fingerprint density at radius 1 is 1.06 bits per heavy atom. The van der Waals surface area contributed by atoms with E-state index in [2.05, 4.69) is 4.99 Å². The normalized spacial score (nSPS) is 15.6. The van der Waals surface area contributed by atoms with Gasteiger partial charge in [0.15, 0.2) is 11.5 Å². The number of hydrogen-bond acceptors (Lipinski definition) is 9. The van der Waals surface area contributed by atoms with Gasteiger partial charge in [-0.3, -0.25) is 0 Å². The Morgan fingerprint density at radius 3 is 2.44 bits per heavy atom. The molecule has 2 aromatic rings. The maximum Gasteiger partial charge on any atom is 0.344 e. The summed E-state index contributed by atoms with van der Waals surface area (Å²) in [5, 5.41) is 21.9. The van der Waals surface area contributed by atoms with Crippen molar-refractivity contribution in [3.05, 3.63) is 69.8 Å². The fraction of sp³-hybridized carbons (Fsp3) is 0.240. The van der Waals surface area contributed by atoms with E-state index in [4.69, 9.17) is 14.2 Å². The van der Waals surface area contributed by atoms with Crippen LogP contribution in [0.2, 0.25) is 0 Å². The number of esters is 1. The zero-order valence-electron chi connectivity index (χ0n) is 19.0. The van der Waals surface area contributed by atoms with E-state index in [0.29, 0.717) is 33.6 Å². The van der Waals surface area contributed by atoms with Crippen LogP contribution in [-0.4, -0.2) is 41.9 Å². The molecule has 0 aromatic heterocycles. The second kappa shape index (κ2) is 11.4. The first-order chi connectivity index (χ1) is 16.3. The molecule has 0 fully saturated rings. The fourth-order valence-electron chi connectivity index (χ4n) is 3.02. The molecular weight excluding hydrogens is 458 g/mol. The van der Waals surface area contributed by atoms with E-state index < -0.39 is 18.5 Å². The molecule has 1 aliphatic rings. The number of nitrogens with zero attached hydrogens (tertiary/aromatic N) is 1. The highest BCUT2D eigenvalue weighted by Gasteiger charge is 2.33. The molecule has 34 heavy (non-hydrogen) atoms. The number of carboxylic acids is 1. The van der Waals surface area contributed by atoms with Gasteiger partial charge in [-0.15, -0.1) is 0 Å². The molecule has 0 unspecified atom stereocenters. The second-order valence-corrected chi connectivity index (χ2v) is 8.14. The summed E-state index contributed by atoms with van der Waals surface area (Å²) in [6.45, 7) is 5.31. The van der Waals surface area contributed by atoms with Crippen molar-refractivity contribution in [2.75, 3.05) is 19.8 Å². The van der Waals surface area contributed by atoms with E-state index in [-0.39, 0.29) is 23.7 Å². The molecule has 178 valence electrons. The number of aliphatic hydroxyl groups excluding tert-OH is 1. The fourth-order valence-corrected chi connectivity index (χ4v) is 4.05. The summed E-state index contributed by atoms with van der Waals surface area (Å²) in [6, 6.07) is 12.3. The molecule has 0 amide bonds. The van der Waals surface area contributed by atoms with Crippen molar-refractivity contribution in [2.24, 2.45) is 4.99 Å². The number of thioether (sulfide) groups is 1. The monoisotopic (exact) mass is 482 g/mol. The Morgan fingerprint density at radius 2 is 1.79 bits per heavy atom. The first kappa shape index (κ1) is 24.9. The van der Waals surface area contributed by atoms with Crippen LogP contribution in [0, 0.1) is 6.92 Å². The van der Waals surface area contributed by atoms with Crippen LogP contribution in [0.15, 0.2) is 63.7 Å². The summed E-state index contributed by atoms with van der Waals surface area (Å²) in [4.78, 5) is 28.2. The zero-order valence-corrected chi connectivity index (χ0v) is 19.8. The number of aryl methyl sites for hydroxylation is 1. The smallest absolute Gasteiger partial charge is 0.344 e. The lowest BCUT2D eigenvalue weighted by atomic mass is 10.1. The van der Waals surface area contributed by atoms with Crippen molar-refractivity contribution in [1.82, 2.24) is 0 Å². The van der Waals surface area contributed by atoms with Crippen molar-refractivity contribution in [3.63, 3.8) is 0 Å². The number of aliphatic imine (C=N–C) groups is 1. The summed E-state index contributed by atoms with van der Waals surface area (Å²) in [7, 11) is 0. The predicted octanol–water partition coefficient (Wildman–Crippen LogP) is 3.72. The van der Waals surface area contributed by atoms with Gasteiger partial charge in [0.05, 0.1) is 29.8 Å². The number of carbonyl (C=O) groups is 2. The van der Waals surface area contributed by atoms with Crippen LogP contribution in [0.3, 0.4) is 0 Å². The first-order valence-electron chi connectivity index (χ1n) is 10.6. The first-order valence-corrected chi connectivity index (χ1v) is 11.4. The lowest BCUT2D eigenvalue weighted by Crippen LogP contribution is -2.29. The van der Waals surface area contributed by atoms with E-state index in [9.17, 15) is 19.8 Å². The van der Waals surface area contributed by atoms with Gasteiger partial charge in [-0.1, -0.05) is 35.5 Å². The molecule has 8 nitrogen and oxygen atoms in total. The third-order valence-corrected chi connectivity index (χ3v) is 5.57. The van der Waals surface area contributed by atoms with Crippen LogP contribution in [0.25, 0.3) is 6.08 Å². The summed E-state index contributed by atoms with van der Waals surface area (Å²) >= 11 is 1.14. The molecule has 1 heterocycles. The minimum atomic E-state index is -1.35. The molecule has 0 saturated heterocycles. The Labute approximate surface area is 201 Å². The van der Waals surface area contributed by atoms with Gasteiger partial charge < -0.3 is 29.2 Å². The molecule has 9 heteroatoms. The van der Waals surface area contributed by atoms with Crippen molar-refractivity contribution >= 4 is 40.5 Å². The van der Waals surface area contributed by atoms with Gasteiger partial charge in [-0.25, -0.2) is 9.79 Å². The van der Waals surface area contributed by atoms with Crippen LogP contribution < -0.4 is 14.6 Å². The minimum absolute atomic E-state index is 0.00221. The molecule has 0 aliphatic carbocycles. The average Bonchev–Trinajstić information content (AvgIpc) is 3.09. The Kier molecular flexibility index (Phi) is 8.37. The number of carboxylic acid groups (broad SMARTS) is 1. The largest absolute Gasteiger partial charge is 0.546 e. The summed E-state index contributed by atoms with van der Waals surface area (Å²) in [5.41, 5.74) is 2.34. The number of rotatable bonds is 9. The second-order valence-electron chi connectivity index (χ2n) is 7.11. The molecule has 0 atom stereocenters. The van der Waals surface area contributed by atoms with Gasteiger partial charge in [0, 0.05) is 0 Å². The SMILES string of the molecule is CCOC(=O)C1=C(O)/C(=C/c2ccc(OCC(=O)[O-])c(OCC)c2)SC1=Nc1ccc(C)cc1. The van der Waals surface area contributed by atoms with Gasteiger partial charge in [0.25, 0.3) is 0 Å². The molecule has 0 bridgehead atoms. The molecule has 0 radical (unpaired) electrons. The van der Waals surface area contributed by atoms with E-state index in [0.717, 1.165) is 17.3 Å². The zero-order chi connectivity index (χ0) is 24.7. The summed E-state index contributed by atoms with van der Waals surface area (Å²) in [6.07, 6.45) is 1.67. The van der Waals surface area contributed by atoms with Crippen LogP contribution in [0.5, 0.6) is 11.5 Å². The maximum absolute atomic E-state index is 12.6. The van der Waals surface area contributed by atoms with E-state index in [1.807, 2.05) is 31.2 Å². The number of aliphatic carboxylic acids is 1. The van der Waals surface area contributed by atoms with Gasteiger partial charge in [-0.2, -0.15) is 0 Å². The van der Waals surface area contributed by atoms with Crippen LogP contribution in [-0.2, 0) is 14.3 Å². The highest BCUT2D eigenvalue weighted by atomic mass is 32.2. The number of aliphatic hydroxyl groups is 1. The molecule has 2 aromatic carbocycles. The van der Waals surface area contributed by atoms with Crippen molar-refractivity contribution in [1.29, 1.82) is 0 Å². The lowest BCUT2D eigenvalue weighted by molar-refractivity contribution is -0.307. The van der Waals surface area contributed by atoms with Crippen molar-refractivity contribution < 1.29 is 34.0 Å². The number of ether oxygens (including phenoxy) is 3. The summed E-state index contributed by atoms with van der Waals surface area (Å²) in [5.74, 6) is -1.66. The topological polar surface area (TPSA) is 117 Å². The highest BCUT2D eigenvalue weighted by molar-refractivity contribution is 8.18. The number of benzene rings is 2. The van der Waals surface area contributed by atoms with Crippen molar-refractivity contribution in [3.8, 4) is 11.5 Å².